The lowest BCUT2D eigenvalue weighted by Crippen LogP contribution is -2.73. The number of ketones is 2. The van der Waals surface area contributed by atoms with Gasteiger partial charge in [0.2, 0.25) is 0 Å². The zero-order chi connectivity index (χ0) is 25.8. The third-order valence-corrected chi connectivity index (χ3v) is 12.7. The molecule has 0 aromatic heterocycles. The summed E-state index contributed by atoms with van der Waals surface area (Å²) in [5.41, 5.74) is -1.17. The molecule has 5 aliphatic heterocycles. The van der Waals surface area contributed by atoms with Gasteiger partial charge >= 0.3 is 5.97 Å². The number of esters is 1. The molecule has 11 atom stereocenters. The van der Waals surface area contributed by atoms with Crippen molar-refractivity contribution in [3.8, 4) is 0 Å². The lowest BCUT2D eigenvalue weighted by atomic mass is 9.36. The molecule has 5 saturated heterocycles. The number of carbonyl (C=O) groups excluding carboxylic acids is 3. The van der Waals surface area contributed by atoms with Crippen LogP contribution in [0.2, 0.25) is 0 Å². The lowest BCUT2D eigenvalue weighted by Gasteiger charge is -2.70. The van der Waals surface area contributed by atoms with Crippen LogP contribution in [0.5, 0.6) is 0 Å². The average Bonchev–Trinajstić information content (AvgIpc) is 3.34. The zero-order valence-corrected chi connectivity index (χ0v) is 22.5. The Hall–Kier alpha value is -1.73. The SMILES string of the molecule is C[C@H]1C[C@@H]2CN3C4=C[C@@]56CO[C@]7(C)CC(=O)[C@@H]([C@H]5C7)[C@@H](C)C(=O)[C@@H]6[C@@]5(COC(=O)C5)[C@]4(C)CCC3(C1)O2. The van der Waals surface area contributed by atoms with Crippen LogP contribution in [0.15, 0.2) is 11.8 Å². The number of allylic oxidation sites excluding steroid dienone is 1. The number of carbonyl (C=O) groups is 3. The molecule has 8 rings (SSSR count). The fourth-order valence-corrected chi connectivity index (χ4v) is 11.1. The van der Waals surface area contributed by atoms with Gasteiger partial charge in [-0.3, -0.25) is 14.4 Å². The van der Waals surface area contributed by atoms with E-state index in [4.69, 9.17) is 14.2 Å². The Kier molecular flexibility index (Phi) is 4.20. The molecule has 3 aliphatic carbocycles. The summed E-state index contributed by atoms with van der Waals surface area (Å²) in [5.74, 6) is -0.248. The topological polar surface area (TPSA) is 82.1 Å². The average molecular weight is 510 g/mol. The van der Waals surface area contributed by atoms with Crippen LogP contribution in [0.4, 0.5) is 0 Å². The molecule has 3 spiro atoms. The number of hydrogen-bond donors (Lipinski definition) is 0. The Labute approximate surface area is 218 Å². The third kappa shape index (κ3) is 2.51. The molecule has 1 unspecified atom stereocenters. The van der Waals surface area contributed by atoms with Crippen molar-refractivity contribution in [2.45, 2.75) is 90.1 Å². The van der Waals surface area contributed by atoms with E-state index in [-0.39, 0.29) is 71.5 Å². The van der Waals surface area contributed by atoms with Crippen molar-refractivity contribution < 1.29 is 28.6 Å². The number of Topliss-reactive ketones (excluding diaryl/α,β-unsaturated/α-hetero) is 2. The minimum absolute atomic E-state index is 0.0366. The van der Waals surface area contributed by atoms with E-state index >= 15 is 0 Å². The Morgan fingerprint density at radius 1 is 1.03 bits per heavy atom. The summed E-state index contributed by atoms with van der Waals surface area (Å²) in [6.07, 6.45) is 7.88. The van der Waals surface area contributed by atoms with Gasteiger partial charge in [0.15, 0.2) is 0 Å². The second-order valence-electron chi connectivity index (χ2n) is 14.7. The molecular formula is C30H39NO6. The van der Waals surface area contributed by atoms with Crippen LogP contribution in [-0.2, 0) is 28.6 Å². The van der Waals surface area contributed by atoms with Crippen molar-refractivity contribution in [2.24, 2.45) is 45.8 Å². The second kappa shape index (κ2) is 6.70. The predicted molar refractivity (Wildman–Crippen MR) is 132 cm³/mol. The first-order chi connectivity index (χ1) is 17.5. The van der Waals surface area contributed by atoms with Crippen LogP contribution in [0.25, 0.3) is 0 Å². The van der Waals surface area contributed by atoms with Gasteiger partial charge in [-0.2, -0.15) is 0 Å². The maximum absolute atomic E-state index is 14.5. The second-order valence-corrected chi connectivity index (χ2v) is 14.7. The highest BCUT2D eigenvalue weighted by atomic mass is 16.5. The molecule has 7 fully saturated rings. The Bertz CT molecular complexity index is 1180. The van der Waals surface area contributed by atoms with E-state index in [1.54, 1.807) is 0 Å². The van der Waals surface area contributed by atoms with Gasteiger partial charge in [-0.05, 0) is 50.9 Å². The normalized spacial score (nSPS) is 57.5. The highest BCUT2D eigenvalue weighted by Crippen LogP contribution is 2.74. The van der Waals surface area contributed by atoms with Gasteiger partial charge in [0.25, 0.3) is 0 Å². The maximum Gasteiger partial charge on any atom is 0.306 e. The fraction of sp³-hybridized carbons (Fsp3) is 0.833. The molecule has 0 aromatic rings. The molecular weight excluding hydrogens is 470 g/mol. The van der Waals surface area contributed by atoms with Gasteiger partial charge < -0.3 is 19.1 Å². The van der Waals surface area contributed by atoms with Gasteiger partial charge in [-0.15, -0.1) is 0 Å². The van der Waals surface area contributed by atoms with E-state index in [1.165, 1.54) is 5.70 Å². The predicted octanol–water partition coefficient (Wildman–Crippen LogP) is 3.65. The van der Waals surface area contributed by atoms with E-state index < -0.39 is 16.4 Å². The summed E-state index contributed by atoms with van der Waals surface area (Å²) in [7, 11) is 0. The molecule has 7 heteroatoms. The summed E-state index contributed by atoms with van der Waals surface area (Å²) >= 11 is 0. The highest BCUT2D eigenvalue weighted by molar-refractivity contribution is 5.96. The first-order valence-corrected chi connectivity index (χ1v) is 14.5. The Morgan fingerprint density at radius 3 is 2.59 bits per heavy atom. The van der Waals surface area contributed by atoms with Crippen molar-refractivity contribution in [2.75, 3.05) is 19.8 Å². The van der Waals surface area contributed by atoms with Gasteiger partial charge in [0.05, 0.1) is 31.3 Å². The zero-order valence-electron chi connectivity index (χ0n) is 22.5. The first-order valence-electron chi connectivity index (χ1n) is 14.5. The molecule has 0 aromatic carbocycles. The van der Waals surface area contributed by atoms with Gasteiger partial charge in [-0.1, -0.05) is 26.8 Å². The summed E-state index contributed by atoms with van der Waals surface area (Å²) in [6.45, 7) is 10.2. The van der Waals surface area contributed by atoms with Crippen molar-refractivity contribution >= 4 is 17.5 Å². The van der Waals surface area contributed by atoms with Crippen LogP contribution < -0.4 is 0 Å². The third-order valence-electron chi connectivity index (χ3n) is 12.7. The van der Waals surface area contributed by atoms with Crippen LogP contribution in [-0.4, -0.2) is 59.6 Å². The van der Waals surface area contributed by atoms with E-state index in [0.717, 1.165) is 38.6 Å². The molecule has 5 heterocycles. The molecule has 4 bridgehead atoms. The number of ether oxygens (including phenoxy) is 3. The largest absolute Gasteiger partial charge is 0.465 e. The number of rotatable bonds is 0. The summed E-state index contributed by atoms with van der Waals surface area (Å²) in [6, 6.07) is 0. The Morgan fingerprint density at radius 2 is 1.84 bits per heavy atom. The Balaban J connectivity index is 1.38. The molecule has 200 valence electrons. The maximum atomic E-state index is 14.5. The van der Waals surface area contributed by atoms with Gasteiger partial charge in [0.1, 0.15) is 17.3 Å². The van der Waals surface area contributed by atoms with E-state index in [1.807, 2.05) is 6.92 Å². The highest BCUT2D eigenvalue weighted by Gasteiger charge is 2.77. The number of piperidine rings is 1. The fourth-order valence-electron chi connectivity index (χ4n) is 11.1. The minimum atomic E-state index is -0.633. The molecule has 0 N–H and O–H groups in total. The summed E-state index contributed by atoms with van der Waals surface area (Å²) in [5, 5.41) is 0. The quantitative estimate of drug-likeness (QED) is 0.461. The molecule has 37 heavy (non-hydrogen) atoms. The van der Waals surface area contributed by atoms with Gasteiger partial charge in [-0.25, -0.2) is 0 Å². The van der Waals surface area contributed by atoms with Gasteiger partial charge in [0, 0.05) is 52.7 Å². The molecule has 8 aliphatic rings. The number of hydrogen-bond acceptors (Lipinski definition) is 7. The summed E-state index contributed by atoms with van der Waals surface area (Å²) < 4.78 is 19.2. The number of nitrogens with zero attached hydrogens (tertiary/aromatic N) is 1. The van der Waals surface area contributed by atoms with E-state index in [2.05, 4.69) is 31.7 Å². The molecule has 7 nitrogen and oxygen atoms in total. The van der Waals surface area contributed by atoms with Crippen molar-refractivity contribution in [1.29, 1.82) is 0 Å². The standard InChI is InChI=1S/C30H39NO6/c1-16-7-18-13-31-21-11-28-14-36-26(3)9-19(28)23(20(32)10-26)17(2)24(34)25(28)29(12-22(33)35-15-29)27(21,4)5-6-30(31,8-16)37-18/h11,16-19,23,25H,5-10,12-15H2,1-4H3/t16-,17+,18+,19+,23+,25-,26-,27+,28+,29+,30?/m0/s1. The van der Waals surface area contributed by atoms with Crippen LogP contribution in [0.3, 0.4) is 0 Å². The lowest BCUT2D eigenvalue weighted by molar-refractivity contribution is -0.244. The van der Waals surface area contributed by atoms with Crippen molar-refractivity contribution in [3.05, 3.63) is 11.8 Å². The van der Waals surface area contributed by atoms with Crippen molar-refractivity contribution in [3.63, 3.8) is 0 Å². The molecule has 2 saturated carbocycles. The van der Waals surface area contributed by atoms with Crippen LogP contribution in [0, 0.1) is 45.8 Å². The monoisotopic (exact) mass is 509 g/mol. The van der Waals surface area contributed by atoms with E-state index in [9.17, 15) is 14.4 Å². The van der Waals surface area contributed by atoms with Crippen LogP contribution >= 0.6 is 0 Å². The molecule has 0 amide bonds. The first kappa shape index (κ1) is 23.2. The van der Waals surface area contributed by atoms with Crippen LogP contribution in [0.1, 0.15) is 72.6 Å². The molecule has 0 radical (unpaired) electrons. The number of cyclic esters (lactones) is 1. The van der Waals surface area contributed by atoms with Crippen molar-refractivity contribution in [1.82, 2.24) is 4.90 Å². The number of fused-ring (bicyclic) bond motifs is 6. The summed E-state index contributed by atoms with van der Waals surface area (Å²) in [4.78, 5) is 43.6. The van der Waals surface area contributed by atoms with E-state index in [0.29, 0.717) is 18.9 Å². The minimum Gasteiger partial charge on any atom is -0.465 e. The smallest absolute Gasteiger partial charge is 0.306 e.